The Morgan fingerprint density at radius 3 is 2.60 bits per heavy atom. The maximum Gasteiger partial charge on any atom is 0.269 e. The largest absolute Gasteiger partial charge is 0.369 e. The molecule has 0 aromatic rings. The first-order valence-electron chi connectivity index (χ1n) is 3.10. The standard InChI is InChI=1S/C6H13NO3/c1-5(2)10-4-6(8)7-9-3/h5H,4H2,1-3H3,(H,7,8). The fourth-order valence-electron chi connectivity index (χ4n) is 0.386. The van der Waals surface area contributed by atoms with Crippen molar-refractivity contribution in [2.75, 3.05) is 13.7 Å². The number of hydrogen-bond acceptors (Lipinski definition) is 3. The first-order chi connectivity index (χ1) is 4.66. The fraction of sp³-hybridized carbons (Fsp3) is 0.833. The Morgan fingerprint density at radius 2 is 2.20 bits per heavy atom. The summed E-state index contributed by atoms with van der Waals surface area (Å²) < 4.78 is 4.96. The molecule has 0 saturated carbocycles. The summed E-state index contributed by atoms with van der Waals surface area (Å²) in [7, 11) is 1.38. The number of ether oxygens (including phenoxy) is 1. The van der Waals surface area contributed by atoms with Gasteiger partial charge < -0.3 is 4.74 Å². The van der Waals surface area contributed by atoms with E-state index in [1.165, 1.54) is 7.11 Å². The first-order valence-corrected chi connectivity index (χ1v) is 3.10. The topological polar surface area (TPSA) is 47.6 Å². The number of carbonyl (C=O) groups is 1. The van der Waals surface area contributed by atoms with Gasteiger partial charge in [-0.1, -0.05) is 0 Å². The third kappa shape index (κ3) is 5.53. The fourth-order valence-corrected chi connectivity index (χ4v) is 0.386. The lowest BCUT2D eigenvalue weighted by Gasteiger charge is -2.05. The second-order valence-electron chi connectivity index (χ2n) is 2.09. The van der Waals surface area contributed by atoms with Gasteiger partial charge in [0.15, 0.2) is 0 Å². The first kappa shape index (κ1) is 9.39. The van der Waals surface area contributed by atoms with Crippen molar-refractivity contribution in [3.63, 3.8) is 0 Å². The Morgan fingerprint density at radius 1 is 1.60 bits per heavy atom. The third-order valence-corrected chi connectivity index (χ3v) is 0.764. The van der Waals surface area contributed by atoms with Crippen LogP contribution in [0.4, 0.5) is 0 Å². The van der Waals surface area contributed by atoms with Gasteiger partial charge in [-0.3, -0.25) is 9.63 Å². The van der Waals surface area contributed by atoms with Crippen LogP contribution in [0.3, 0.4) is 0 Å². The van der Waals surface area contributed by atoms with Gasteiger partial charge >= 0.3 is 0 Å². The molecule has 0 aliphatic heterocycles. The monoisotopic (exact) mass is 147 g/mol. The van der Waals surface area contributed by atoms with E-state index < -0.39 is 0 Å². The molecule has 0 aliphatic rings. The van der Waals surface area contributed by atoms with Crippen LogP contribution in [0.15, 0.2) is 0 Å². The molecule has 0 heterocycles. The number of amides is 1. The lowest BCUT2D eigenvalue weighted by atomic mass is 10.5. The summed E-state index contributed by atoms with van der Waals surface area (Å²) in [5, 5.41) is 0. The van der Waals surface area contributed by atoms with Crippen LogP contribution in [0, 0.1) is 0 Å². The molecule has 0 bridgehead atoms. The maximum absolute atomic E-state index is 10.6. The summed E-state index contributed by atoms with van der Waals surface area (Å²) in [4.78, 5) is 14.9. The minimum Gasteiger partial charge on any atom is -0.369 e. The highest BCUT2D eigenvalue weighted by atomic mass is 16.6. The van der Waals surface area contributed by atoms with Gasteiger partial charge in [-0.15, -0.1) is 0 Å². The molecule has 0 rings (SSSR count). The normalized spacial score (nSPS) is 10.0. The summed E-state index contributed by atoms with van der Waals surface area (Å²) in [6, 6.07) is 0. The SMILES string of the molecule is CONC(=O)COC(C)C. The highest BCUT2D eigenvalue weighted by molar-refractivity contribution is 5.75. The average Bonchev–Trinajstić information content (AvgIpc) is 1.85. The molecular formula is C6H13NO3. The van der Waals surface area contributed by atoms with E-state index in [1.807, 2.05) is 13.8 Å². The van der Waals surface area contributed by atoms with E-state index in [4.69, 9.17) is 4.74 Å². The predicted octanol–water partition coefficient (Wildman–Crippen LogP) is 0.0890. The summed E-state index contributed by atoms with van der Waals surface area (Å²) >= 11 is 0. The van der Waals surface area contributed by atoms with E-state index in [2.05, 4.69) is 10.3 Å². The van der Waals surface area contributed by atoms with Crippen LogP contribution in [0.1, 0.15) is 13.8 Å². The maximum atomic E-state index is 10.6. The van der Waals surface area contributed by atoms with Gasteiger partial charge in [-0.25, -0.2) is 5.48 Å². The van der Waals surface area contributed by atoms with Gasteiger partial charge in [0, 0.05) is 0 Å². The molecular weight excluding hydrogens is 134 g/mol. The molecule has 0 fully saturated rings. The van der Waals surface area contributed by atoms with Crippen LogP contribution in [0.2, 0.25) is 0 Å². The number of hydroxylamine groups is 1. The van der Waals surface area contributed by atoms with Crippen LogP contribution < -0.4 is 5.48 Å². The van der Waals surface area contributed by atoms with Gasteiger partial charge in [-0.2, -0.15) is 0 Å². The molecule has 1 amide bonds. The zero-order valence-corrected chi connectivity index (χ0v) is 6.51. The van der Waals surface area contributed by atoms with E-state index >= 15 is 0 Å². The van der Waals surface area contributed by atoms with Crippen molar-refractivity contribution in [1.82, 2.24) is 5.48 Å². The molecule has 0 spiro atoms. The van der Waals surface area contributed by atoms with Crippen molar-refractivity contribution in [2.24, 2.45) is 0 Å². The van der Waals surface area contributed by atoms with E-state index in [0.717, 1.165) is 0 Å². The summed E-state index contributed by atoms with van der Waals surface area (Å²) in [5.41, 5.74) is 2.14. The van der Waals surface area contributed by atoms with Crippen molar-refractivity contribution in [3.05, 3.63) is 0 Å². The van der Waals surface area contributed by atoms with Crippen LogP contribution in [-0.4, -0.2) is 25.7 Å². The highest BCUT2D eigenvalue weighted by Gasteiger charge is 2.00. The Labute approximate surface area is 60.5 Å². The minimum absolute atomic E-state index is 0.0471. The number of nitrogens with one attached hydrogen (secondary N) is 1. The Hall–Kier alpha value is -0.610. The summed E-state index contributed by atoms with van der Waals surface area (Å²) in [6.45, 7) is 3.77. The Balaban J connectivity index is 3.22. The van der Waals surface area contributed by atoms with Gasteiger partial charge in [0.25, 0.3) is 5.91 Å². The lowest BCUT2D eigenvalue weighted by Crippen LogP contribution is -2.27. The molecule has 0 aromatic carbocycles. The minimum atomic E-state index is -0.267. The van der Waals surface area contributed by atoms with Gasteiger partial charge in [0.05, 0.1) is 13.2 Å². The molecule has 60 valence electrons. The van der Waals surface area contributed by atoms with Gasteiger partial charge in [-0.05, 0) is 13.8 Å². The molecule has 0 atom stereocenters. The Bertz CT molecular complexity index is 103. The second-order valence-corrected chi connectivity index (χ2v) is 2.09. The van der Waals surface area contributed by atoms with Gasteiger partial charge in [0.1, 0.15) is 6.61 Å². The molecule has 1 N–H and O–H groups in total. The van der Waals surface area contributed by atoms with Gasteiger partial charge in [0.2, 0.25) is 0 Å². The average molecular weight is 147 g/mol. The van der Waals surface area contributed by atoms with E-state index in [1.54, 1.807) is 0 Å². The summed E-state index contributed by atoms with van der Waals surface area (Å²) in [6.07, 6.45) is 0.0719. The molecule has 4 nitrogen and oxygen atoms in total. The Kier molecular flexibility index (Phi) is 4.88. The summed E-state index contributed by atoms with van der Waals surface area (Å²) in [5.74, 6) is -0.267. The predicted molar refractivity (Wildman–Crippen MR) is 36.2 cm³/mol. The number of hydrogen-bond donors (Lipinski definition) is 1. The zero-order chi connectivity index (χ0) is 7.98. The van der Waals surface area contributed by atoms with Crippen LogP contribution >= 0.6 is 0 Å². The lowest BCUT2D eigenvalue weighted by molar-refractivity contribution is -0.137. The third-order valence-electron chi connectivity index (χ3n) is 0.764. The van der Waals surface area contributed by atoms with Crippen molar-refractivity contribution in [1.29, 1.82) is 0 Å². The molecule has 0 aromatic heterocycles. The van der Waals surface area contributed by atoms with Crippen molar-refractivity contribution in [3.8, 4) is 0 Å². The van der Waals surface area contributed by atoms with Crippen LogP contribution in [0.5, 0.6) is 0 Å². The molecule has 0 radical (unpaired) electrons. The second kappa shape index (κ2) is 5.20. The smallest absolute Gasteiger partial charge is 0.269 e. The van der Waals surface area contributed by atoms with E-state index in [9.17, 15) is 4.79 Å². The molecule has 0 saturated heterocycles. The van der Waals surface area contributed by atoms with Crippen molar-refractivity contribution < 1.29 is 14.4 Å². The van der Waals surface area contributed by atoms with Crippen LogP contribution in [-0.2, 0) is 14.4 Å². The number of carbonyl (C=O) groups excluding carboxylic acids is 1. The molecule has 4 heteroatoms. The highest BCUT2D eigenvalue weighted by Crippen LogP contribution is 1.85. The number of rotatable bonds is 4. The zero-order valence-electron chi connectivity index (χ0n) is 6.51. The van der Waals surface area contributed by atoms with Crippen molar-refractivity contribution in [2.45, 2.75) is 20.0 Å². The quantitative estimate of drug-likeness (QED) is 0.573. The van der Waals surface area contributed by atoms with Crippen molar-refractivity contribution >= 4 is 5.91 Å². The van der Waals surface area contributed by atoms with E-state index in [-0.39, 0.29) is 18.6 Å². The molecule has 10 heavy (non-hydrogen) atoms. The van der Waals surface area contributed by atoms with E-state index in [0.29, 0.717) is 0 Å². The molecule has 0 unspecified atom stereocenters. The van der Waals surface area contributed by atoms with Crippen LogP contribution in [0.25, 0.3) is 0 Å². The molecule has 0 aliphatic carbocycles.